The molecule has 1 saturated heterocycles. The molecular formula is C25H35N3O3S. The zero-order valence-electron chi connectivity index (χ0n) is 19.4. The second kappa shape index (κ2) is 11.1. The molecule has 1 heterocycles. The molecule has 2 aromatic carbocycles. The number of hydrogen-bond acceptors (Lipinski definition) is 4. The van der Waals surface area contributed by atoms with Crippen molar-refractivity contribution in [3.63, 3.8) is 0 Å². The van der Waals surface area contributed by atoms with Gasteiger partial charge < -0.3 is 10.2 Å². The minimum atomic E-state index is -3.62. The van der Waals surface area contributed by atoms with Gasteiger partial charge in [0, 0.05) is 17.3 Å². The van der Waals surface area contributed by atoms with Gasteiger partial charge in [-0.2, -0.15) is 0 Å². The zero-order valence-corrected chi connectivity index (χ0v) is 20.2. The number of likely N-dealkylation sites (tertiary alicyclic amines) is 1. The van der Waals surface area contributed by atoms with Crippen LogP contribution in [0.5, 0.6) is 0 Å². The minimum Gasteiger partial charge on any atom is -0.322 e. The van der Waals surface area contributed by atoms with Gasteiger partial charge in [0.25, 0.3) is 5.91 Å². The normalized spacial score (nSPS) is 16.0. The van der Waals surface area contributed by atoms with Gasteiger partial charge in [0.05, 0.1) is 4.90 Å². The highest BCUT2D eigenvalue weighted by Crippen LogP contribution is 2.21. The van der Waals surface area contributed by atoms with E-state index < -0.39 is 10.0 Å². The quantitative estimate of drug-likeness (QED) is 0.582. The number of piperidine rings is 1. The van der Waals surface area contributed by atoms with E-state index in [-0.39, 0.29) is 16.8 Å². The summed E-state index contributed by atoms with van der Waals surface area (Å²) >= 11 is 0. The molecular weight excluding hydrogens is 422 g/mol. The van der Waals surface area contributed by atoms with E-state index >= 15 is 0 Å². The summed E-state index contributed by atoms with van der Waals surface area (Å²) in [7, 11) is -3.62. The van der Waals surface area contributed by atoms with Crippen LogP contribution < -0.4 is 10.0 Å². The summed E-state index contributed by atoms with van der Waals surface area (Å²) < 4.78 is 28.5. The molecule has 0 saturated carbocycles. The summed E-state index contributed by atoms with van der Waals surface area (Å²) in [5, 5.41) is 2.89. The fourth-order valence-corrected chi connectivity index (χ4v) is 5.52. The van der Waals surface area contributed by atoms with Crippen LogP contribution >= 0.6 is 0 Å². The van der Waals surface area contributed by atoms with Crippen molar-refractivity contribution in [1.29, 1.82) is 0 Å². The Morgan fingerprint density at radius 1 is 1.03 bits per heavy atom. The van der Waals surface area contributed by atoms with Crippen molar-refractivity contribution in [3.05, 3.63) is 59.2 Å². The lowest BCUT2D eigenvalue weighted by atomic mass is 10.1. The van der Waals surface area contributed by atoms with Gasteiger partial charge in [0.1, 0.15) is 0 Å². The standard InChI is InChI=1S/C25H35N3O3S/c1-19-10-5-6-12-23(19)25(29)26-24-14-13-22(18-20(24)2)32(30,31)27-21(3)11-9-17-28-15-7-4-8-16-28/h5-6,10,12-14,18,21,27H,4,7-9,11,15-17H2,1-3H3,(H,26,29). The van der Waals surface area contributed by atoms with Crippen molar-refractivity contribution >= 4 is 21.6 Å². The van der Waals surface area contributed by atoms with Crippen LogP contribution in [0.3, 0.4) is 0 Å². The third-order valence-corrected chi connectivity index (χ3v) is 7.65. The Morgan fingerprint density at radius 3 is 2.44 bits per heavy atom. The predicted molar refractivity (Wildman–Crippen MR) is 130 cm³/mol. The van der Waals surface area contributed by atoms with Gasteiger partial charge in [-0.05, 0) is 101 Å². The Labute approximate surface area is 192 Å². The first-order valence-corrected chi connectivity index (χ1v) is 13.0. The first-order valence-electron chi connectivity index (χ1n) is 11.5. The molecule has 0 bridgehead atoms. The van der Waals surface area contributed by atoms with Crippen LogP contribution in [0, 0.1) is 13.8 Å². The number of sulfonamides is 1. The number of rotatable bonds is 9. The van der Waals surface area contributed by atoms with Gasteiger partial charge in [0.15, 0.2) is 0 Å². The molecule has 1 amide bonds. The lowest BCUT2D eigenvalue weighted by Gasteiger charge is -2.26. The van der Waals surface area contributed by atoms with Crippen molar-refractivity contribution < 1.29 is 13.2 Å². The summed E-state index contributed by atoms with van der Waals surface area (Å²) in [4.78, 5) is 15.3. The number of hydrogen-bond donors (Lipinski definition) is 2. The van der Waals surface area contributed by atoms with Gasteiger partial charge in [-0.25, -0.2) is 13.1 Å². The first kappa shape index (κ1) is 24.4. The van der Waals surface area contributed by atoms with E-state index in [1.165, 1.54) is 19.3 Å². The van der Waals surface area contributed by atoms with Gasteiger partial charge in [-0.1, -0.05) is 24.6 Å². The van der Waals surface area contributed by atoms with E-state index in [9.17, 15) is 13.2 Å². The fourth-order valence-electron chi connectivity index (χ4n) is 4.16. The van der Waals surface area contributed by atoms with E-state index in [1.54, 1.807) is 31.2 Å². The molecule has 1 unspecified atom stereocenters. The molecule has 7 heteroatoms. The van der Waals surface area contributed by atoms with Crippen molar-refractivity contribution in [2.24, 2.45) is 0 Å². The SMILES string of the molecule is Cc1cc(S(=O)(=O)NC(C)CCCN2CCCCC2)ccc1NC(=O)c1ccccc1C. The third kappa shape index (κ3) is 6.64. The maximum absolute atomic E-state index is 12.9. The van der Waals surface area contributed by atoms with Crippen LogP contribution in [0.2, 0.25) is 0 Å². The van der Waals surface area contributed by atoms with Crippen LogP contribution in [-0.4, -0.2) is 44.9 Å². The second-order valence-electron chi connectivity index (χ2n) is 8.81. The Balaban J connectivity index is 1.57. The smallest absolute Gasteiger partial charge is 0.255 e. The number of carbonyl (C=O) groups is 1. The molecule has 0 aliphatic carbocycles. The number of carbonyl (C=O) groups excluding carboxylic acids is 1. The van der Waals surface area contributed by atoms with Gasteiger partial charge in [-0.15, -0.1) is 0 Å². The van der Waals surface area contributed by atoms with Crippen LogP contribution in [0.25, 0.3) is 0 Å². The number of nitrogens with zero attached hydrogens (tertiary/aromatic N) is 1. The molecule has 6 nitrogen and oxygen atoms in total. The number of nitrogens with one attached hydrogen (secondary N) is 2. The Hall–Kier alpha value is -2.22. The van der Waals surface area contributed by atoms with Crippen molar-refractivity contribution in [2.75, 3.05) is 25.0 Å². The molecule has 1 aliphatic rings. The van der Waals surface area contributed by atoms with Crippen LogP contribution in [-0.2, 0) is 10.0 Å². The lowest BCUT2D eigenvalue weighted by Crippen LogP contribution is -2.34. The summed E-state index contributed by atoms with van der Waals surface area (Å²) in [5.74, 6) is -0.206. The predicted octanol–water partition coefficient (Wildman–Crippen LogP) is 4.49. The van der Waals surface area contributed by atoms with Gasteiger partial charge >= 0.3 is 0 Å². The number of benzene rings is 2. The van der Waals surface area contributed by atoms with Crippen molar-refractivity contribution in [3.8, 4) is 0 Å². The molecule has 0 radical (unpaired) electrons. The van der Waals surface area contributed by atoms with E-state index in [4.69, 9.17) is 0 Å². The highest BCUT2D eigenvalue weighted by Gasteiger charge is 2.19. The molecule has 2 aromatic rings. The topological polar surface area (TPSA) is 78.5 Å². The summed E-state index contributed by atoms with van der Waals surface area (Å²) in [6.45, 7) is 8.95. The Morgan fingerprint density at radius 2 is 1.75 bits per heavy atom. The minimum absolute atomic E-state index is 0.134. The first-order chi connectivity index (χ1) is 15.3. The molecule has 174 valence electrons. The average molecular weight is 458 g/mol. The maximum Gasteiger partial charge on any atom is 0.255 e. The molecule has 1 aliphatic heterocycles. The Bertz CT molecular complexity index is 1030. The average Bonchev–Trinajstić information content (AvgIpc) is 2.75. The molecule has 2 N–H and O–H groups in total. The van der Waals surface area contributed by atoms with E-state index in [2.05, 4.69) is 14.9 Å². The van der Waals surface area contributed by atoms with Crippen molar-refractivity contribution in [2.45, 2.75) is 63.8 Å². The summed E-state index contributed by atoms with van der Waals surface area (Å²) in [5.41, 5.74) is 2.79. The van der Waals surface area contributed by atoms with E-state index in [0.717, 1.165) is 38.0 Å². The van der Waals surface area contributed by atoms with Crippen molar-refractivity contribution in [1.82, 2.24) is 9.62 Å². The second-order valence-corrected chi connectivity index (χ2v) is 10.5. The molecule has 0 aromatic heterocycles. The largest absolute Gasteiger partial charge is 0.322 e. The number of anilines is 1. The molecule has 1 fully saturated rings. The van der Waals surface area contributed by atoms with Crippen LogP contribution in [0.15, 0.2) is 47.4 Å². The summed E-state index contributed by atoms with van der Waals surface area (Å²) in [6.07, 6.45) is 5.64. The van der Waals surface area contributed by atoms with Gasteiger partial charge in [-0.3, -0.25) is 4.79 Å². The van der Waals surface area contributed by atoms with Gasteiger partial charge in [0.2, 0.25) is 10.0 Å². The monoisotopic (exact) mass is 457 g/mol. The lowest BCUT2D eigenvalue weighted by molar-refractivity contribution is 0.102. The van der Waals surface area contributed by atoms with E-state index in [0.29, 0.717) is 16.8 Å². The number of amides is 1. The summed E-state index contributed by atoms with van der Waals surface area (Å²) in [6, 6.07) is 12.0. The molecule has 1 atom stereocenters. The Kier molecular flexibility index (Phi) is 8.45. The maximum atomic E-state index is 12.9. The molecule has 32 heavy (non-hydrogen) atoms. The molecule has 3 rings (SSSR count). The molecule has 0 spiro atoms. The van der Waals surface area contributed by atoms with Crippen LogP contribution in [0.4, 0.5) is 5.69 Å². The highest BCUT2D eigenvalue weighted by molar-refractivity contribution is 7.89. The fraction of sp³-hybridized carbons (Fsp3) is 0.480. The van der Waals surface area contributed by atoms with E-state index in [1.807, 2.05) is 32.0 Å². The number of aryl methyl sites for hydroxylation is 2. The van der Waals surface area contributed by atoms with Crippen LogP contribution in [0.1, 0.15) is 60.5 Å². The third-order valence-electron chi connectivity index (χ3n) is 6.06. The highest BCUT2D eigenvalue weighted by atomic mass is 32.2. The zero-order chi connectivity index (χ0) is 23.1.